The minimum atomic E-state index is -4.17. The molecule has 1 atom stereocenters. The SMILES string of the molecule is COc1cc(Nc2nc3ccccc3nc2NS(=O)(=O)c2cccc(NC(C(N)=O)c3ccc(C)cc3)c2)cc(OC)c1. The Morgan fingerprint density at radius 1 is 0.791 bits per heavy atom. The van der Waals surface area contributed by atoms with Crippen LogP contribution >= 0.6 is 0 Å². The Kier molecular flexibility index (Phi) is 8.30. The summed E-state index contributed by atoms with van der Waals surface area (Å²) < 4.78 is 40.6. The van der Waals surface area contributed by atoms with Crippen molar-refractivity contribution in [3.8, 4) is 11.5 Å². The van der Waals surface area contributed by atoms with E-state index >= 15 is 0 Å². The van der Waals surface area contributed by atoms with Crippen LogP contribution in [-0.4, -0.2) is 38.5 Å². The number of rotatable bonds is 11. The molecule has 43 heavy (non-hydrogen) atoms. The lowest BCUT2D eigenvalue weighted by Crippen LogP contribution is -2.27. The Morgan fingerprint density at radius 3 is 2.02 bits per heavy atom. The lowest BCUT2D eigenvalue weighted by atomic mass is 10.0. The number of nitrogens with zero attached hydrogens (tertiary/aromatic N) is 2. The van der Waals surface area contributed by atoms with Gasteiger partial charge in [-0.2, -0.15) is 0 Å². The van der Waals surface area contributed by atoms with Crippen molar-refractivity contribution in [3.63, 3.8) is 0 Å². The van der Waals surface area contributed by atoms with Crippen LogP contribution in [0.1, 0.15) is 17.2 Å². The van der Waals surface area contributed by atoms with Gasteiger partial charge in [-0.25, -0.2) is 18.4 Å². The van der Waals surface area contributed by atoms with Crippen LogP contribution in [-0.2, 0) is 14.8 Å². The van der Waals surface area contributed by atoms with Crippen molar-refractivity contribution in [3.05, 3.63) is 102 Å². The second kappa shape index (κ2) is 12.2. The highest BCUT2D eigenvalue weighted by Gasteiger charge is 2.22. The predicted octanol–water partition coefficient (Wildman–Crippen LogP) is 5.14. The van der Waals surface area contributed by atoms with Crippen molar-refractivity contribution in [2.24, 2.45) is 5.73 Å². The van der Waals surface area contributed by atoms with Crippen LogP contribution in [0.5, 0.6) is 11.5 Å². The molecular formula is C31H30N6O5S. The molecule has 4 aromatic carbocycles. The third-order valence-electron chi connectivity index (χ3n) is 6.57. The first-order valence-electron chi connectivity index (χ1n) is 13.2. The minimum Gasteiger partial charge on any atom is -0.497 e. The maximum absolute atomic E-state index is 13.7. The minimum absolute atomic E-state index is 0.0199. The zero-order chi connectivity index (χ0) is 30.6. The lowest BCUT2D eigenvalue weighted by molar-refractivity contribution is -0.118. The van der Waals surface area contributed by atoms with E-state index in [-0.39, 0.29) is 16.5 Å². The molecule has 0 fully saturated rings. The lowest BCUT2D eigenvalue weighted by Gasteiger charge is -2.18. The van der Waals surface area contributed by atoms with E-state index in [1.54, 1.807) is 60.7 Å². The molecule has 0 aliphatic carbocycles. The first kappa shape index (κ1) is 29.1. The number of sulfonamides is 1. The second-order valence-corrected chi connectivity index (χ2v) is 11.3. The summed E-state index contributed by atoms with van der Waals surface area (Å²) in [5.41, 5.74) is 9.34. The third-order valence-corrected chi connectivity index (χ3v) is 7.90. The Morgan fingerprint density at radius 2 is 1.42 bits per heavy atom. The maximum atomic E-state index is 13.7. The predicted molar refractivity (Wildman–Crippen MR) is 166 cm³/mol. The summed E-state index contributed by atoms with van der Waals surface area (Å²) in [6.07, 6.45) is 0. The number of aromatic nitrogens is 2. The van der Waals surface area contributed by atoms with Crippen molar-refractivity contribution in [1.82, 2.24) is 9.97 Å². The van der Waals surface area contributed by atoms with Gasteiger partial charge in [0.1, 0.15) is 17.5 Å². The fourth-order valence-electron chi connectivity index (χ4n) is 4.36. The number of carbonyl (C=O) groups is 1. The van der Waals surface area contributed by atoms with Crippen LogP contribution in [0.15, 0.2) is 95.9 Å². The van der Waals surface area contributed by atoms with Gasteiger partial charge in [-0.1, -0.05) is 48.0 Å². The fourth-order valence-corrected chi connectivity index (χ4v) is 5.41. The van der Waals surface area contributed by atoms with Crippen LogP contribution in [0, 0.1) is 6.92 Å². The molecule has 220 valence electrons. The Labute approximate surface area is 249 Å². The van der Waals surface area contributed by atoms with Gasteiger partial charge in [0.2, 0.25) is 5.91 Å². The quantitative estimate of drug-likeness (QED) is 0.162. The van der Waals surface area contributed by atoms with Crippen molar-refractivity contribution in [2.45, 2.75) is 17.9 Å². The summed E-state index contributed by atoms with van der Waals surface area (Å²) >= 11 is 0. The molecule has 1 amide bonds. The van der Waals surface area contributed by atoms with Gasteiger partial charge < -0.3 is 25.8 Å². The number of nitrogens with two attached hydrogens (primary N) is 1. The first-order chi connectivity index (χ1) is 20.6. The number of hydrogen-bond acceptors (Lipinski definition) is 9. The van der Waals surface area contributed by atoms with Crippen LogP contribution < -0.4 is 30.6 Å². The summed E-state index contributed by atoms with van der Waals surface area (Å²) in [6.45, 7) is 1.94. The van der Waals surface area contributed by atoms with Gasteiger partial charge in [0.05, 0.1) is 30.1 Å². The zero-order valence-corrected chi connectivity index (χ0v) is 24.5. The van der Waals surface area contributed by atoms with Crippen LogP contribution in [0.4, 0.5) is 23.0 Å². The molecule has 5 rings (SSSR count). The smallest absolute Gasteiger partial charge is 0.263 e. The summed E-state index contributed by atoms with van der Waals surface area (Å²) in [6, 6.07) is 24.8. The van der Waals surface area contributed by atoms with Crippen molar-refractivity contribution >= 4 is 50.0 Å². The number of methoxy groups -OCH3 is 2. The summed E-state index contributed by atoms with van der Waals surface area (Å²) in [4.78, 5) is 21.4. The number of anilines is 4. The second-order valence-electron chi connectivity index (χ2n) is 9.66. The molecule has 5 N–H and O–H groups in total. The largest absolute Gasteiger partial charge is 0.497 e. The molecule has 1 unspecified atom stereocenters. The number of amides is 1. The molecule has 1 heterocycles. The molecule has 5 aromatic rings. The molecule has 12 heteroatoms. The van der Waals surface area contributed by atoms with Crippen molar-refractivity contribution in [2.75, 3.05) is 29.6 Å². The average molecular weight is 599 g/mol. The van der Waals surface area contributed by atoms with Gasteiger partial charge in [0.25, 0.3) is 10.0 Å². The number of aryl methyl sites for hydroxylation is 1. The van der Waals surface area contributed by atoms with Gasteiger partial charge in [-0.15, -0.1) is 0 Å². The van der Waals surface area contributed by atoms with E-state index in [1.807, 2.05) is 25.1 Å². The molecule has 0 saturated carbocycles. The van der Waals surface area contributed by atoms with Crippen LogP contribution in [0.25, 0.3) is 11.0 Å². The Hall–Kier alpha value is -5.36. The van der Waals surface area contributed by atoms with Crippen molar-refractivity contribution in [1.29, 1.82) is 0 Å². The average Bonchev–Trinajstić information content (AvgIpc) is 3.00. The highest BCUT2D eigenvalue weighted by atomic mass is 32.2. The highest BCUT2D eigenvalue weighted by Crippen LogP contribution is 2.32. The monoisotopic (exact) mass is 598 g/mol. The first-order valence-corrected chi connectivity index (χ1v) is 14.7. The number of ether oxygens (including phenoxy) is 2. The van der Waals surface area contributed by atoms with E-state index in [9.17, 15) is 13.2 Å². The van der Waals surface area contributed by atoms with E-state index < -0.39 is 22.0 Å². The summed E-state index contributed by atoms with van der Waals surface area (Å²) in [5.74, 6) is 0.601. The molecule has 0 bridgehead atoms. The zero-order valence-electron chi connectivity index (χ0n) is 23.7. The molecule has 0 radical (unpaired) electrons. The van der Waals surface area contributed by atoms with Gasteiger partial charge in [0, 0.05) is 29.6 Å². The van der Waals surface area contributed by atoms with Gasteiger partial charge >= 0.3 is 0 Å². The van der Waals surface area contributed by atoms with Gasteiger partial charge in [0.15, 0.2) is 11.6 Å². The Balaban J connectivity index is 1.48. The van der Waals surface area contributed by atoms with E-state index in [0.29, 0.717) is 39.5 Å². The Bertz CT molecular complexity index is 1880. The maximum Gasteiger partial charge on any atom is 0.263 e. The number of para-hydroxylation sites is 2. The molecular weight excluding hydrogens is 568 g/mol. The molecule has 11 nitrogen and oxygen atoms in total. The number of hydrogen-bond donors (Lipinski definition) is 4. The topological polar surface area (TPSA) is 158 Å². The third kappa shape index (κ3) is 6.76. The van der Waals surface area contributed by atoms with Crippen molar-refractivity contribution < 1.29 is 22.7 Å². The molecule has 1 aromatic heterocycles. The van der Waals surface area contributed by atoms with Crippen LogP contribution in [0.2, 0.25) is 0 Å². The number of primary amides is 1. The van der Waals surface area contributed by atoms with Gasteiger partial charge in [-0.05, 0) is 42.8 Å². The number of carbonyl (C=O) groups excluding carboxylic acids is 1. The fraction of sp³-hybridized carbons (Fsp3) is 0.129. The van der Waals surface area contributed by atoms with E-state index in [2.05, 4.69) is 25.3 Å². The number of fused-ring (bicyclic) bond motifs is 1. The van der Waals surface area contributed by atoms with Crippen LogP contribution in [0.3, 0.4) is 0 Å². The van der Waals surface area contributed by atoms with E-state index in [0.717, 1.165) is 5.56 Å². The summed E-state index contributed by atoms with van der Waals surface area (Å²) in [5, 5.41) is 6.19. The highest BCUT2D eigenvalue weighted by molar-refractivity contribution is 7.92. The molecule has 0 aliphatic heterocycles. The number of benzene rings is 4. The van der Waals surface area contributed by atoms with Gasteiger partial charge in [-0.3, -0.25) is 9.52 Å². The molecule has 0 spiro atoms. The standard InChI is InChI=1S/C31H30N6O5S/c1-19-11-13-20(14-12-19)28(29(32)38)33-21-7-6-8-25(17-21)43(39,40)37-31-30(35-26-9-4-5-10-27(26)36-31)34-22-15-23(41-2)18-24(16-22)42-3/h4-18,28,33H,1-3H3,(H2,32,38)(H,34,35)(H,36,37). The summed E-state index contributed by atoms with van der Waals surface area (Å²) in [7, 11) is -1.11. The normalized spacial score (nSPS) is 11.9. The molecule has 0 aliphatic rings. The van der Waals surface area contributed by atoms with E-state index in [1.165, 1.54) is 26.4 Å². The molecule has 0 saturated heterocycles. The number of nitrogens with one attached hydrogen (secondary N) is 3. The van der Waals surface area contributed by atoms with E-state index in [4.69, 9.17) is 15.2 Å².